The summed E-state index contributed by atoms with van der Waals surface area (Å²) in [6.07, 6.45) is -1.03. The molecule has 7 heteroatoms. The first kappa shape index (κ1) is 16.4. The van der Waals surface area contributed by atoms with Crippen LogP contribution in [0.2, 0.25) is 0 Å². The number of rotatable bonds is 6. The van der Waals surface area contributed by atoms with Gasteiger partial charge in [-0.25, -0.2) is 9.18 Å². The predicted molar refractivity (Wildman–Crippen MR) is 76.4 cm³/mol. The van der Waals surface area contributed by atoms with E-state index in [-0.39, 0.29) is 25.6 Å². The van der Waals surface area contributed by atoms with Crippen molar-refractivity contribution in [3.63, 3.8) is 0 Å². The predicted octanol–water partition coefficient (Wildman–Crippen LogP) is 1.03. The lowest BCUT2D eigenvalue weighted by molar-refractivity contribution is -0.131. The summed E-state index contributed by atoms with van der Waals surface area (Å²) in [5, 5.41) is 12.4. The van der Waals surface area contributed by atoms with Crippen molar-refractivity contribution in [3.8, 4) is 0 Å². The minimum Gasteiger partial charge on any atom is -0.389 e. The van der Waals surface area contributed by atoms with Crippen LogP contribution >= 0.6 is 0 Å². The van der Waals surface area contributed by atoms with E-state index in [0.717, 1.165) is 4.90 Å². The number of imide groups is 1. The van der Waals surface area contributed by atoms with Crippen molar-refractivity contribution in [1.82, 2.24) is 10.2 Å². The van der Waals surface area contributed by atoms with Crippen molar-refractivity contribution in [2.45, 2.75) is 32.1 Å². The molecule has 2 N–H and O–H groups in total. The van der Waals surface area contributed by atoms with Gasteiger partial charge in [-0.2, -0.15) is 0 Å². The van der Waals surface area contributed by atoms with E-state index in [1.165, 1.54) is 6.07 Å². The van der Waals surface area contributed by atoms with Gasteiger partial charge in [0.05, 0.1) is 25.9 Å². The highest BCUT2D eigenvalue weighted by Gasteiger charge is 2.44. The first-order valence-corrected chi connectivity index (χ1v) is 6.94. The zero-order valence-corrected chi connectivity index (χ0v) is 12.5. The minimum atomic E-state index is -1.03. The zero-order chi connectivity index (χ0) is 16.3. The van der Waals surface area contributed by atoms with Crippen LogP contribution in [0, 0.1) is 5.82 Å². The van der Waals surface area contributed by atoms with Crippen LogP contribution in [0.15, 0.2) is 24.3 Å². The van der Waals surface area contributed by atoms with Crippen LogP contribution in [-0.2, 0) is 16.1 Å². The SMILES string of the molecule is CC1(C)NC(=O)N(C[C@@H](O)COCc2ccccc2F)C1=O. The molecule has 0 aliphatic carbocycles. The van der Waals surface area contributed by atoms with Crippen molar-refractivity contribution in [2.24, 2.45) is 0 Å². The fraction of sp³-hybridized carbons (Fsp3) is 0.467. The molecule has 0 aromatic heterocycles. The third-order valence-corrected chi connectivity index (χ3v) is 3.36. The van der Waals surface area contributed by atoms with Crippen molar-refractivity contribution in [3.05, 3.63) is 35.6 Å². The Morgan fingerprint density at radius 3 is 2.64 bits per heavy atom. The third kappa shape index (κ3) is 3.61. The molecule has 1 fully saturated rings. The summed E-state index contributed by atoms with van der Waals surface area (Å²) >= 11 is 0. The van der Waals surface area contributed by atoms with Crippen LogP contribution in [0.5, 0.6) is 0 Å². The average molecular weight is 310 g/mol. The normalized spacial score (nSPS) is 18.5. The van der Waals surface area contributed by atoms with Crippen LogP contribution in [0.25, 0.3) is 0 Å². The lowest BCUT2D eigenvalue weighted by atomic mass is 10.1. The Labute approximate surface area is 127 Å². The molecule has 0 radical (unpaired) electrons. The molecule has 0 bridgehead atoms. The van der Waals surface area contributed by atoms with Crippen molar-refractivity contribution >= 4 is 11.9 Å². The van der Waals surface area contributed by atoms with Gasteiger partial charge >= 0.3 is 6.03 Å². The van der Waals surface area contributed by atoms with Gasteiger partial charge in [-0.3, -0.25) is 9.69 Å². The van der Waals surface area contributed by atoms with Crippen LogP contribution < -0.4 is 5.32 Å². The molecule has 1 saturated heterocycles. The lowest BCUT2D eigenvalue weighted by Gasteiger charge is -2.19. The lowest BCUT2D eigenvalue weighted by Crippen LogP contribution is -2.42. The number of urea groups is 1. The summed E-state index contributed by atoms with van der Waals surface area (Å²) in [6.45, 7) is 2.93. The standard InChI is InChI=1S/C15H19FN2O4/c1-15(2)13(20)18(14(21)17-15)7-11(19)9-22-8-10-5-3-4-6-12(10)16/h3-6,11,19H,7-9H2,1-2H3,(H,17,21)/t11-/m1/s1. The van der Waals surface area contributed by atoms with E-state index in [0.29, 0.717) is 5.56 Å². The van der Waals surface area contributed by atoms with Gasteiger partial charge in [0.1, 0.15) is 11.4 Å². The Bertz CT molecular complexity index is 576. The summed E-state index contributed by atoms with van der Waals surface area (Å²) in [6, 6.07) is 5.63. The van der Waals surface area contributed by atoms with E-state index in [2.05, 4.69) is 5.32 Å². The summed E-state index contributed by atoms with van der Waals surface area (Å²) < 4.78 is 18.6. The van der Waals surface area contributed by atoms with Crippen LogP contribution in [-0.4, -0.2) is 46.7 Å². The number of nitrogens with one attached hydrogen (secondary N) is 1. The molecule has 6 nitrogen and oxygen atoms in total. The van der Waals surface area contributed by atoms with E-state index in [4.69, 9.17) is 4.74 Å². The van der Waals surface area contributed by atoms with Gasteiger partial charge in [0.25, 0.3) is 5.91 Å². The molecule has 3 amide bonds. The molecule has 1 atom stereocenters. The number of hydrogen-bond donors (Lipinski definition) is 2. The minimum absolute atomic E-state index is 0.00929. The number of hydrogen-bond acceptors (Lipinski definition) is 4. The smallest absolute Gasteiger partial charge is 0.325 e. The molecule has 1 aromatic rings. The molecular formula is C15H19FN2O4. The molecular weight excluding hydrogens is 291 g/mol. The quantitative estimate of drug-likeness (QED) is 0.769. The van der Waals surface area contributed by atoms with Gasteiger partial charge in [0.15, 0.2) is 0 Å². The number of carbonyl (C=O) groups is 2. The molecule has 1 aliphatic rings. The number of aliphatic hydroxyl groups excluding tert-OH is 1. The summed E-state index contributed by atoms with van der Waals surface area (Å²) in [5.41, 5.74) is -0.587. The molecule has 0 unspecified atom stereocenters. The fourth-order valence-electron chi connectivity index (χ4n) is 2.17. The number of ether oxygens (including phenoxy) is 1. The molecule has 22 heavy (non-hydrogen) atoms. The van der Waals surface area contributed by atoms with E-state index in [1.54, 1.807) is 32.0 Å². The summed E-state index contributed by atoms with van der Waals surface area (Å²) in [5.74, 6) is -0.779. The molecule has 0 spiro atoms. The molecule has 1 aliphatic heterocycles. The monoisotopic (exact) mass is 310 g/mol. The third-order valence-electron chi connectivity index (χ3n) is 3.36. The van der Waals surface area contributed by atoms with Gasteiger partial charge < -0.3 is 15.2 Å². The highest BCUT2D eigenvalue weighted by atomic mass is 19.1. The second-order valence-corrected chi connectivity index (χ2v) is 5.73. The average Bonchev–Trinajstić information content (AvgIpc) is 2.63. The number of aliphatic hydroxyl groups is 1. The Morgan fingerprint density at radius 2 is 2.05 bits per heavy atom. The Kier molecular flexibility index (Phi) is 4.77. The van der Waals surface area contributed by atoms with Crippen molar-refractivity contribution < 1.29 is 23.8 Å². The Balaban J connectivity index is 1.81. The Hall–Kier alpha value is -1.99. The molecule has 120 valence electrons. The highest BCUT2D eigenvalue weighted by molar-refractivity contribution is 6.06. The summed E-state index contributed by atoms with van der Waals surface area (Å²) in [4.78, 5) is 24.6. The van der Waals surface area contributed by atoms with E-state index in [9.17, 15) is 19.1 Å². The largest absolute Gasteiger partial charge is 0.389 e. The van der Waals surface area contributed by atoms with E-state index >= 15 is 0 Å². The maximum Gasteiger partial charge on any atom is 0.325 e. The summed E-state index contributed by atoms with van der Waals surface area (Å²) in [7, 11) is 0. The van der Waals surface area contributed by atoms with Crippen LogP contribution in [0.1, 0.15) is 19.4 Å². The van der Waals surface area contributed by atoms with Crippen LogP contribution in [0.4, 0.5) is 9.18 Å². The molecule has 2 rings (SSSR count). The maximum absolute atomic E-state index is 13.4. The maximum atomic E-state index is 13.4. The van der Waals surface area contributed by atoms with E-state index in [1.807, 2.05) is 0 Å². The number of carbonyl (C=O) groups excluding carboxylic acids is 2. The molecule has 1 aromatic carbocycles. The highest BCUT2D eigenvalue weighted by Crippen LogP contribution is 2.17. The van der Waals surface area contributed by atoms with Gasteiger partial charge in [-0.15, -0.1) is 0 Å². The van der Waals surface area contributed by atoms with Gasteiger partial charge in [-0.1, -0.05) is 18.2 Å². The number of β-amino-alcohol motifs (C(OH)–C–C–N with tert-alkyl or cyclic N) is 1. The van der Waals surface area contributed by atoms with Gasteiger partial charge in [0, 0.05) is 5.56 Å². The van der Waals surface area contributed by atoms with Crippen LogP contribution in [0.3, 0.4) is 0 Å². The van der Waals surface area contributed by atoms with E-state index < -0.39 is 23.6 Å². The van der Waals surface area contributed by atoms with Gasteiger partial charge in [0.2, 0.25) is 0 Å². The molecule has 0 saturated carbocycles. The zero-order valence-electron chi connectivity index (χ0n) is 12.5. The second-order valence-electron chi connectivity index (χ2n) is 5.73. The van der Waals surface area contributed by atoms with Crippen molar-refractivity contribution in [1.29, 1.82) is 0 Å². The molecule has 1 heterocycles. The first-order chi connectivity index (χ1) is 10.3. The number of benzene rings is 1. The van der Waals surface area contributed by atoms with Crippen molar-refractivity contribution in [2.75, 3.05) is 13.2 Å². The topological polar surface area (TPSA) is 78.9 Å². The first-order valence-electron chi connectivity index (χ1n) is 6.94. The number of halogens is 1. The Morgan fingerprint density at radius 1 is 1.36 bits per heavy atom. The second kappa shape index (κ2) is 6.41. The fourth-order valence-corrected chi connectivity index (χ4v) is 2.17. The van der Waals surface area contributed by atoms with Gasteiger partial charge in [-0.05, 0) is 19.9 Å². The number of amides is 3. The number of nitrogens with zero attached hydrogens (tertiary/aromatic N) is 1.